The van der Waals surface area contributed by atoms with Crippen LogP contribution in [0.3, 0.4) is 0 Å². The number of esters is 1. The highest BCUT2D eigenvalue weighted by atomic mass is 19.1. The first-order valence-electron chi connectivity index (χ1n) is 6.72. The normalized spacial score (nSPS) is 17.6. The number of fused-ring (bicyclic) bond motifs is 1. The van der Waals surface area contributed by atoms with Crippen LogP contribution in [0.5, 0.6) is 0 Å². The minimum atomic E-state index is -1.18. The number of carboxylic acids is 1. The van der Waals surface area contributed by atoms with Gasteiger partial charge in [0.15, 0.2) is 0 Å². The highest BCUT2D eigenvalue weighted by Gasteiger charge is 2.30. The molecule has 114 valence electrons. The Kier molecular flexibility index (Phi) is 3.89. The zero-order chi connectivity index (χ0) is 15.8. The van der Waals surface area contributed by atoms with Gasteiger partial charge >= 0.3 is 11.9 Å². The van der Waals surface area contributed by atoms with Crippen LogP contribution in [0.15, 0.2) is 12.1 Å². The van der Waals surface area contributed by atoms with Gasteiger partial charge in [-0.2, -0.15) is 0 Å². The molecule has 6 heteroatoms. The van der Waals surface area contributed by atoms with E-state index < -0.39 is 29.4 Å². The van der Waals surface area contributed by atoms with Crippen molar-refractivity contribution in [3.63, 3.8) is 0 Å². The van der Waals surface area contributed by atoms with E-state index in [0.29, 0.717) is 18.4 Å². The zero-order valence-corrected chi connectivity index (χ0v) is 12.2. The van der Waals surface area contributed by atoms with Crippen LogP contribution < -0.4 is 5.32 Å². The third kappa shape index (κ3) is 3.51. The number of halogens is 1. The van der Waals surface area contributed by atoms with Crippen molar-refractivity contribution in [2.45, 2.75) is 45.3 Å². The molecule has 1 aromatic carbocycles. The van der Waals surface area contributed by atoms with Gasteiger partial charge < -0.3 is 15.2 Å². The number of hydrogen-bond donors (Lipinski definition) is 2. The number of carboxylic acid groups (broad SMARTS) is 1. The first-order valence-corrected chi connectivity index (χ1v) is 6.72. The number of aryl methyl sites for hydroxylation is 1. The van der Waals surface area contributed by atoms with Crippen molar-refractivity contribution in [1.82, 2.24) is 0 Å². The summed E-state index contributed by atoms with van der Waals surface area (Å²) in [6, 6.07) is 1.76. The lowest BCUT2D eigenvalue weighted by molar-refractivity contribution is -0.156. The summed E-state index contributed by atoms with van der Waals surface area (Å²) < 4.78 is 19.3. The monoisotopic (exact) mass is 295 g/mol. The summed E-state index contributed by atoms with van der Waals surface area (Å²) in [6.45, 7) is 5.30. The SMILES string of the molecule is CC(C)(C)OC(=O)C1CCc2cc(C(=O)O)cc(F)c2N1. The molecule has 0 spiro atoms. The van der Waals surface area contributed by atoms with E-state index in [1.54, 1.807) is 20.8 Å². The number of nitrogens with one attached hydrogen (secondary N) is 1. The second-order valence-electron chi connectivity index (χ2n) is 6.07. The van der Waals surface area contributed by atoms with Crippen LogP contribution in [-0.2, 0) is 16.0 Å². The Labute approximate surface area is 122 Å². The number of rotatable bonds is 2. The summed E-state index contributed by atoms with van der Waals surface area (Å²) in [5.74, 6) is -2.28. The van der Waals surface area contributed by atoms with Crippen molar-refractivity contribution in [1.29, 1.82) is 0 Å². The van der Waals surface area contributed by atoms with E-state index in [0.717, 1.165) is 6.07 Å². The van der Waals surface area contributed by atoms with Gasteiger partial charge in [-0.05, 0) is 51.3 Å². The molecular weight excluding hydrogens is 277 g/mol. The molecule has 0 aliphatic carbocycles. The van der Waals surface area contributed by atoms with E-state index >= 15 is 0 Å². The van der Waals surface area contributed by atoms with Gasteiger partial charge in [-0.3, -0.25) is 0 Å². The molecule has 0 fully saturated rings. The van der Waals surface area contributed by atoms with Gasteiger partial charge in [0.25, 0.3) is 0 Å². The molecule has 0 aromatic heterocycles. The smallest absolute Gasteiger partial charge is 0.335 e. The quantitative estimate of drug-likeness (QED) is 0.820. The standard InChI is InChI=1S/C15H18FNO4/c1-15(2,3)21-14(20)11-5-4-8-6-9(13(18)19)7-10(16)12(8)17-11/h6-7,11,17H,4-5H2,1-3H3,(H,18,19). The highest BCUT2D eigenvalue weighted by molar-refractivity contribution is 5.89. The van der Waals surface area contributed by atoms with E-state index in [9.17, 15) is 14.0 Å². The summed E-state index contributed by atoms with van der Waals surface area (Å²) in [7, 11) is 0. The minimum absolute atomic E-state index is 0.0937. The first-order chi connectivity index (χ1) is 9.67. The minimum Gasteiger partial charge on any atom is -0.478 e. The summed E-state index contributed by atoms with van der Waals surface area (Å²) in [5, 5.41) is 11.7. The van der Waals surface area contributed by atoms with Gasteiger partial charge in [-0.1, -0.05) is 0 Å². The molecule has 1 aliphatic rings. The average molecular weight is 295 g/mol. The lowest BCUT2D eigenvalue weighted by Crippen LogP contribution is -2.39. The third-order valence-corrected chi connectivity index (χ3v) is 3.13. The number of anilines is 1. The number of aromatic carboxylic acids is 1. The summed E-state index contributed by atoms with van der Waals surface area (Å²) in [5.41, 5.74) is 0.0446. The van der Waals surface area contributed by atoms with Crippen molar-refractivity contribution >= 4 is 17.6 Å². The van der Waals surface area contributed by atoms with Crippen molar-refractivity contribution in [3.05, 3.63) is 29.1 Å². The molecule has 0 bridgehead atoms. The molecule has 1 atom stereocenters. The molecule has 1 heterocycles. The van der Waals surface area contributed by atoms with Gasteiger partial charge in [0.05, 0.1) is 11.3 Å². The lowest BCUT2D eigenvalue weighted by atomic mass is 9.95. The molecule has 0 saturated carbocycles. The molecule has 1 aromatic rings. The fourth-order valence-corrected chi connectivity index (χ4v) is 2.24. The Bertz CT molecular complexity index is 592. The average Bonchev–Trinajstić information content (AvgIpc) is 2.36. The van der Waals surface area contributed by atoms with E-state index in [1.165, 1.54) is 6.07 Å². The van der Waals surface area contributed by atoms with Crippen molar-refractivity contribution in [2.24, 2.45) is 0 Å². The number of carbonyl (C=O) groups excluding carboxylic acids is 1. The molecule has 0 saturated heterocycles. The number of benzene rings is 1. The van der Waals surface area contributed by atoms with E-state index in [1.807, 2.05) is 0 Å². The summed E-state index contributed by atoms with van der Waals surface area (Å²) in [4.78, 5) is 22.9. The van der Waals surface area contributed by atoms with Crippen LogP contribution in [0, 0.1) is 5.82 Å². The molecular formula is C15H18FNO4. The second-order valence-corrected chi connectivity index (χ2v) is 6.07. The summed E-state index contributed by atoms with van der Waals surface area (Å²) in [6.07, 6.45) is 0.856. The molecule has 1 unspecified atom stereocenters. The molecule has 0 radical (unpaired) electrons. The Morgan fingerprint density at radius 2 is 2.05 bits per heavy atom. The number of hydrogen-bond acceptors (Lipinski definition) is 4. The Hall–Kier alpha value is -2.11. The molecule has 2 rings (SSSR count). The van der Waals surface area contributed by atoms with Crippen molar-refractivity contribution in [2.75, 3.05) is 5.32 Å². The van der Waals surface area contributed by atoms with Crippen LogP contribution in [0.2, 0.25) is 0 Å². The maximum absolute atomic E-state index is 14.0. The van der Waals surface area contributed by atoms with E-state index in [2.05, 4.69) is 5.32 Å². The largest absolute Gasteiger partial charge is 0.478 e. The molecule has 0 amide bonds. The van der Waals surface area contributed by atoms with Gasteiger partial charge in [0, 0.05) is 0 Å². The van der Waals surface area contributed by atoms with E-state index in [4.69, 9.17) is 9.84 Å². The van der Waals surface area contributed by atoms with Crippen LogP contribution >= 0.6 is 0 Å². The fourth-order valence-electron chi connectivity index (χ4n) is 2.24. The maximum Gasteiger partial charge on any atom is 0.335 e. The van der Waals surface area contributed by atoms with Crippen LogP contribution in [-0.4, -0.2) is 28.7 Å². The molecule has 2 N–H and O–H groups in total. The first kappa shape index (κ1) is 15.3. The van der Waals surface area contributed by atoms with Crippen molar-refractivity contribution in [3.8, 4) is 0 Å². The molecule has 1 aliphatic heterocycles. The summed E-state index contributed by atoms with van der Waals surface area (Å²) >= 11 is 0. The topological polar surface area (TPSA) is 75.6 Å². The predicted octanol–water partition coefficient (Wildman–Crippen LogP) is 2.59. The van der Waals surface area contributed by atoms with Crippen molar-refractivity contribution < 1.29 is 23.8 Å². The zero-order valence-electron chi connectivity index (χ0n) is 12.2. The maximum atomic E-state index is 14.0. The van der Waals surface area contributed by atoms with Crippen LogP contribution in [0.25, 0.3) is 0 Å². The predicted molar refractivity (Wildman–Crippen MR) is 74.9 cm³/mol. The fraction of sp³-hybridized carbons (Fsp3) is 0.467. The van der Waals surface area contributed by atoms with E-state index in [-0.39, 0.29) is 11.3 Å². The van der Waals surface area contributed by atoms with Gasteiger partial charge in [0.2, 0.25) is 0 Å². The Balaban J connectivity index is 2.21. The Morgan fingerprint density at radius 3 is 2.62 bits per heavy atom. The third-order valence-electron chi connectivity index (χ3n) is 3.13. The van der Waals surface area contributed by atoms with Crippen LogP contribution in [0.1, 0.15) is 43.1 Å². The van der Waals surface area contributed by atoms with Gasteiger partial charge in [-0.15, -0.1) is 0 Å². The highest BCUT2D eigenvalue weighted by Crippen LogP contribution is 2.30. The second kappa shape index (κ2) is 5.35. The molecule has 21 heavy (non-hydrogen) atoms. The molecule has 5 nitrogen and oxygen atoms in total. The number of carbonyl (C=O) groups is 2. The van der Waals surface area contributed by atoms with Gasteiger partial charge in [0.1, 0.15) is 17.5 Å². The van der Waals surface area contributed by atoms with Crippen LogP contribution in [0.4, 0.5) is 10.1 Å². The van der Waals surface area contributed by atoms with Gasteiger partial charge in [-0.25, -0.2) is 14.0 Å². The number of ether oxygens (including phenoxy) is 1. The Morgan fingerprint density at radius 1 is 1.38 bits per heavy atom. The lowest BCUT2D eigenvalue weighted by Gasteiger charge is -2.29.